The lowest BCUT2D eigenvalue weighted by Crippen LogP contribution is -2.11. The maximum Gasteiger partial charge on any atom is 0.221 e. The lowest BCUT2D eigenvalue weighted by molar-refractivity contribution is -0.114. The first kappa shape index (κ1) is 14.7. The molecule has 2 rings (SSSR count). The summed E-state index contributed by atoms with van der Waals surface area (Å²) >= 11 is 1.39. The van der Waals surface area contributed by atoms with E-state index >= 15 is 0 Å². The van der Waals surface area contributed by atoms with Gasteiger partial charge in [-0.05, 0) is 18.2 Å². The molecule has 2 aromatic rings. The Kier molecular flexibility index (Phi) is 4.86. The summed E-state index contributed by atoms with van der Waals surface area (Å²) < 4.78 is 2.87. The number of hydrogen-bond donors (Lipinski definition) is 2. The zero-order chi connectivity index (χ0) is 12.4. The van der Waals surface area contributed by atoms with Crippen LogP contribution in [0.2, 0.25) is 0 Å². The molecule has 0 unspecified atom stereocenters. The minimum absolute atomic E-state index is 0. The zero-order valence-electron chi connectivity index (χ0n) is 9.90. The second-order valence-corrected chi connectivity index (χ2v) is 4.70. The molecule has 0 bridgehead atoms. The molecule has 0 atom stereocenters. The highest BCUT2D eigenvalue weighted by Gasteiger charge is 2.05. The normalized spacial score (nSPS) is 9.83. The number of thiazole rings is 1. The third-order valence-corrected chi connectivity index (χ3v) is 3.30. The van der Waals surface area contributed by atoms with E-state index in [-0.39, 0.29) is 22.9 Å². The van der Waals surface area contributed by atoms with Gasteiger partial charge in [-0.25, -0.2) is 0 Å². The number of fused-ring (bicyclic) bond motifs is 1. The molecule has 96 valence electrons. The van der Waals surface area contributed by atoms with Crippen LogP contribution in [0.1, 0.15) is 6.92 Å². The van der Waals surface area contributed by atoms with Gasteiger partial charge in [-0.3, -0.25) is 10.2 Å². The van der Waals surface area contributed by atoms with Crippen LogP contribution in [0, 0.1) is 5.41 Å². The Bertz CT molecular complexity index is 644. The van der Waals surface area contributed by atoms with E-state index in [0.717, 1.165) is 15.9 Å². The second kappa shape index (κ2) is 5.97. The molecule has 0 aliphatic heterocycles. The van der Waals surface area contributed by atoms with E-state index in [4.69, 9.17) is 5.41 Å². The number of nitrogens with zero attached hydrogens (tertiary/aromatic N) is 1. The zero-order valence-corrected chi connectivity index (χ0v) is 12.4. The van der Waals surface area contributed by atoms with Gasteiger partial charge in [0, 0.05) is 19.2 Å². The van der Waals surface area contributed by atoms with Crippen LogP contribution in [0.25, 0.3) is 10.2 Å². The summed E-state index contributed by atoms with van der Waals surface area (Å²) in [6.45, 7) is 5.79. The summed E-state index contributed by atoms with van der Waals surface area (Å²) in [5.74, 6) is -0.0917. The quantitative estimate of drug-likeness (QED) is 0.837. The molecular weight excluding hydrogens is 314 g/mol. The number of rotatable bonds is 3. The maximum atomic E-state index is 11.0. The number of allylic oxidation sites excluding steroid dienone is 1. The number of amides is 1. The van der Waals surface area contributed by atoms with Crippen LogP contribution < -0.4 is 10.1 Å². The molecule has 1 heterocycles. The van der Waals surface area contributed by atoms with Gasteiger partial charge in [0.15, 0.2) is 4.80 Å². The molecule has 0 spiro atoms. The van der Waals surface area contributed by atoms with E-state index < -0.39 is 0 Å². The van der Waals surface area contributed by atoms with E-state index in [0.29, 0.717) is 11.3 Å². The first-order chi connectivity index (χ1) is 8.11. The van der Waals surface area contributed by atoms with E-state index in [1.165, 1.54) is 18.3 Å². The fourth-order valence-electron chi connectivity index (χ4n) is 1.68. The first-order valence-electron chi connectivity index (χ1n) is 5.18. The summed E-state index contributed by atoms with van der Waals surface area (Å²) in [6, 6.07) is 5.65. The minimum Gasteiger partial charge on any atom is -0.326 e. The second-order valence-electron chi connectivity index (χ2n) is 3.67. The molecule has 0 saturated carbocycles. The van der Waals surface area contributed by atoms with Gasteiger partial charge in [-0.15, -0.1) is 23.6 Å². The lowest BCUT2D eigenvalue weighted by Gasteiger charge is -2.03. The predicted molar refractivity (Wildman–Crippen MR) is 80.5 cm³/mol. The van der Waals surface area contributed by atoms with Gasteiger partial charge in [-0.1, -0.05) is 17.4 Å². The lowest BCUT2D eigenvalue weighted by atomic mass is 10.3. The van der Waals surface area contributed by atoms with Gasteiger partial charge < -0.3 is 9.88 Å². The van der Waals surface area contributed by atoms with E-state index in [1.54, 1.807) is 6.08 Å². The Balaban J connectivity index is 0.00000162. The number of hydrogen-bond acceptors (Lipinski definition) is 3. The highest BCUT2D eigenvalue weighted by molar-refractivity contribution is 8.93. The Morgan fingerprint density at radius 3 is 2.94 bits per heavy atom. The van der Waals surface area contributed by atoms with Crippen molar-refractivity contribution in [3.63, 3.8) is 0 Å². The van der Waals surface area contributed by atoms with Crippen LogP contribution in [0.15, 0.2) is 30.9 Å². The van der Waals surface area contributed by atoms with Crippen molar-refractivity contribution in [3.8, 4) is 0 Å². The van der Waals surface area contributed by atoms with Crippen molar-refractivity contribution in [2.24, 2.45) is 0 Å². The molecule has 0 aliphatic rings. The standard InChI is InChI=1S/C12H13N3OS.BrH/c1-3-6-15-10-5-4-9(14-8(2)16)7-11(10)17-12(15)13;/h3-5,7,13H,1,6H2,2H3,(H,14,16);1H. The number of nitrogens with one attached hydrogen (secondary N) is 2. The van der Waals surface area contributed by atoms with Gasteiger partial charge in [0.25, 0.3) is 0 Å². The summed E-state index contributed by atoms with van der Waals surface area (Å²) in [4.78, 5) is 11.4. The number of aromatic nitrogens is 1. The average Bonchev–Trinajstić information content (AvgIpc) is 2.54. The van der Waals surface area contributed by atoms with Crippen LogP contribution >= 0.6 is 28.3 Å². The molecule has 1 aromatic carbocycles. The summed E-state index contributed by atoms with van der Waals surface area (Å²) in [6.07, 6.45) is 1.77. The summed E-state index contributed by atoms with van der Waals surface area (Å²) in [5, 5.41) is 10.6. The number of carbonyl (C=O) groups excluding carboxylic acids is 1. The SMILES string of the molecule is Br.C=CCn1c(=N)sc2cc(NC(C)=O)ccc21. The van der Waals surface area contributed by atoms with E-state index in [9.17, 15) is 4.79 Å². The predicted octanol–water partition coefficient (Wildman–Crippen LogP) is 2.90. The smallest absolute Gasteiger partial charge is 0.221 e. The van der Waals surface area contributed by atoms with Gasteiger partial charge in [0.1, 0.15) is 0 Å². The minimum atomic E-state index is -0.0917. The molecule has 0 aliphatic carbocycles. The van der Waals surface area contributed by atoms with Crippen LogP contribution in [-0.2, 0) is 11.3 Å². The summed E-state index contributed by atoms with van der Waals surface area (Å²) in [7, 11) is 0. The molecule has 1 amide bonds. The summed E-state index contributed by atoms with van der Waals surface area (Å²) in [5.41, 5.74) is 1.76. The van der Waals surface area contributed by atoms with Crippen molar-refractivity contribution in [3.05, 3.63) is 35.7 Å². The Labute approximate surface area is 119 Å². The largest absolute Gasteiger partial charge is 0.326 e. The number of halogens is 1. The topological polar surface area (TPSA) is 57.9 Å². The molecular formula is C12H14BrN3OS. The Morgan fingerprint density at radius 2 is 2.33 bits per heavy atom. The molecule has 4 nitrogen and oxygen atoms in total. The Hall–Kier alpha value is -1.40. The van der Waals surface area contributed by atoms with Crippen molar-refractivity contribution in [2.45, 2.75) is 13.5 Å². The van der Waals surface area contributed by atoms with E-state index in [1.807, 2.05) is 22.8 Å². The Morgan fingerprint density at radius 1 is 1.61 bits per heavy atom. The highest BCUT2D eigenvalue weighted by Crippen LogP contribution is 2.21. The average molecular weight is 328 g/mol. The molecule has 18 heavy (non-hydrogen) atoms. The number of benzene rings is 1. The van der Waals surface area contributed by atoms with Crippen molar-refractivity contribution in [2.75, 3.05) is 5.32 Å². The van der Waals surface area contributed by atoms with Crippen LogP contribution in [0.5, 0.6) is 0 Å². The third kappa shape index (κ3) is 2.88. The third-order valence-electron chi connectivity index (χ3n) is 2.33. The number of anilines is 1. The molecule has 2 N–H and O–H groups in total. The maximum absolute atomic E-state index is 11.0. The molecule has 6 heteroatoms. The highest BCUT2D eigenvalue weighted by atomic mass is 79.9. The number of carbonyl (C=O) groups is 1. The molecule has 1 aromatic heterocycles. The monoisotopic (exact) mass is 327 g/mol. The van der Waals surface area contributed by atoms with Crippen molar-refractivity contribution < 1.29 is 4.79 Å². The van der Waals surface area contributed by atoms with Crippen molar-refractivity contribution in [1.29, 1.82) is 5.41 Å². The van der Waals surface area contributed by atoms with E-state index in [2.05, 4.69) is 11.9 Å². The van der Waals surface area contributed by atoms with Gasteiger partial charge in [-0.2, -0.15) is 0 Å². The van der Waals surface area contributed by atoms with Gasteiger partial charge >= 0.3 is 0 Å². The first-order valence-corrected chi connectivity index (χ1v) is 6.00. The van der Waals surface area contributed by atoms with Crippen molar-refractivity contribution >= 4 is 50.1 Å². The van der Waals surface area contributed by atoms with Crippen LogP contribution in [0.4, 0.5) is 5.69 Å². The fraction of sp³-hybridized carbons (Fsp3) is 0.167. The molecule has 0 fully saturated rings. The molecule has 0 saturated heterocycles. The molecule has 0 radical (unpaired) electrons. The van der Waals surface area contributed by atoms with Gasteiger partial charge in [0.2, 0.25) is 5.91 Å². The van der Waals surface area contributed by atoms with Crippen LogP contribution in [0.3, 0.4) is 0 Å². The van der Waals surface area contributed by atoms with Gasteiger partial charge in [0.05, 0.1) is 10.2 Å². The van der Waals surface area contributed by atoms with Crippen LogP contribution in [-0.4, -0.2) is 10.5 Å². The fourth-order valence-corrected chi connectivity index (χ4v) is 2.64. The van der Waals surface area contributed by atoms with Crippen molar-refractivity contribution in [1.82, 2.24) is 4.57 Å².